The van der Waals surface area contributed by atoms with Crippen molar-refractivity contribution < 1.29 is 9.32 Å². The minimum absolute atomic E-state index is 0.000984. The Bertz CT molecular complexity index is 811. The van der Waals surface area contributed by atoms with Crippen molar-refractivity contribution in [3.05, 3.63) is 52.9 Å². The third-order valence-electron chi connectivity index (χ3n) is 5.91. The summed E-state index contributed by atoms with van der Waals surface area (Å²) < 4.78 is 5.43. The number of hydrogen-bond donors (Lipinski definition) is 1. The summed E-state index contributed by atoms with van der Waals surface area (Å²) in [6, 6.07) is 10.5. The van der Waals surface area contributed by atoms with Crippen molar-refractivity contribution in [2.75, 3.05) is 6.54 Å². The van der Waals surface area contributed by atoms with Gasteiger partial charge in [-0.15, -0.1) is 0 Å². The Morgan fingerprint density at radius 2 is 2.12 bits per heavy atom. The summed E-state index contributed by atoms with van der Waals surface area (Å²) in [4.78, 5) is 14.9. The zero-order chi connectivity index (χ0) is 18.3. The first-order valence-corrected chi connectivity index (χ1v) is 9.55. The number of nitrogens with one attached hydrogen (secondary N) is 1. The number of amides is 2. The number of carbonyl (C=O) groups is 1. The number of likely N-dealkylation sites (tertiary alicyclic amines) is 1. The molecule has 5 heteroatoms. The summed E-state index contributed by atoms with van der Waals surface area (Å²) in [5.74, 6) is 0.792. The van der Waals surface area contributed by atoms with Crippen LogP contribution < -0.4 is 5.32 Å². The lowest BCUT2D eigenvalue weighted by Crippen LogP contribution is -2.43. The number of aromatic nitrogens is 1. The van der Waals surface area contributed by atoms with Crippen molar-refractivity contribution in [2.45, 2.75) is 64.0 Å². The summed E-state index contributed by atoms with van der Waals surface area (Å²) in [5.41, 5.74) is 3.62. The summed E-state index contributed by atoms with van der Waals surface area (Å²) in [6.07, 6.45) is 3.96. The van der Waals surface area contributed by atoms with Crippen LogP contribution in [0.2, 0.25) is 0 Å². The second-order valence-electron chi connectivity index (χ2n) is 8.23. The highest BCUT2D eigenvalue weighted by atomic mass is 16.5. The van der Waals surface area contributed by atoms with Gasteiger partial charge in [-0.3, -0.25) is 0 Å². The topological polar surface area (TPSA) is 58.4 Å². The van der Waals surface area contributed by atoms with E-state index in [4.69, 9.17) is 4.52 Å². The van der Waals surface area contributed by atoms with E-state index in [-0.39, 0.29) is 23.5 Å². The Morgan fingerprint density at radius 1 is 1.31 bits per heavy atom. The van der Waals surface area contributed by atoms with Gasteiger partial charge in [0.1, 0.15) is 0 Å². The molecule has 0 radical (unpaired) electrons. The molecule has 2 heterocycles. The second-order valence-corrected chi connectivity index (χ2v) is 8.23. The highest BCUT2D eigenvalue weighted by molar-refractivity contribution is 5.75. The van der Waals surface area contributed by atoms with Crippen molar-refractivity contribution in [3.8, 4) is 0 Å². The number of aryl methyl sites for hydroxylation is 1. The Hall–Kier alpha value is -2.30. The van der Waals surface area contributed by atoms with Crippen LogP contribution in [0.25, 0.3) is 0 Å². The molecule has 1 aliphatic carbocycles. The molecule has 1 fully saturated rings. The standard InChI is InChI=1S/C21H27N3O2/c1-14-13-19(26-23-14)18-9-6-12-24(18)20(25)22-17-10-11-21(2,3)16-8-5-4-7-15(16)17/h4-5,7-8,13,17-18H,6,9-12H2,1-3H3,(H,22,25). The van der Waals surface area contributed by atoms with E-state index in [2.05, 4.69) is 48.6 Å². The molecule has 5 nitrogen and oxygen atoms in total. The quantitative estimate of drug-likeness (QED) is 0.855. The van der Waals surface area contributed by atoms with Gasteiger partial charge >= 0.3 is 6.03 Å². The number of fused-ring (bicyclic) bond motifs is 1. The highest BCUT2D eigenvalue weighted by Crippen LogP contribution is 2.41. The zero-order valence-corrected chi connectivity index (χ0v) is 15.8. The molecule has 0 bridgehead atoms. The molecule has 1 aromatic heterocycles. The molecule has 1 aromatic carbocycles. The number of nitrogens with zero attached hydrogens (tertiary/aromatic N) is 2. The highest BCUT2D eigenvalue weighted by Gasteiger charge is 2.36. The fourth-order valence-electron chi connectivity index (χ4n) is 4.44. The van der Waals surface area contributed by atoms with Gasteiger partial charge in [0, 0.05) is 12.6 Å². The molecule has 2 unspecified atom stereocenters. The van der Waals surface area contributed by atoms with Gasteiger partial charge in [0.25, 0.3) is 0 Å². The Morgan fingerprint density at radius 3 is 2.88 bits per heavy atom. The van der Waals surface area contributed by atoms with Gasteiger partial charge in [0.2, 0.25) is 0 Å². The SMILES string of the molecule is Cc1cc(C2CCCN2C(=O)NC2CCC(C)(C)c3ccccc32)on1. The van der Waals surface area contributed by atoms with E-state index in [1.807, 2.05) is 17.9 Å². The molecule has 26 heavy (non-hydrogen) atoms. The van der Waals surface area contributed by atoms with Crippen LogP contribution in [0.5, 0.6) is 0 Å². The normalized spacial score (nSPS) is 24.3. The number of benzene rings is 1. The van der Waals surface area contributed by atoms with Crippen LogP contribution in [0.15, 0.2) is 34.9 Å². The average molecular weight is 353 g/mol. The molecule has 2 amide bonds. The van der Waals surface area contributed by atoms with Gasteiger partial charge in [-0.25, -0.2) is 4.79 Å². The first kappa shape index (κ1) is 17.1. The Labute approximate surface area is 154 Å². The van der Waals surface area contributed by atoms with E-state index in [0.717, 1.165) is 43.7 Å². The molecule has 1 aliphatic heterocycles. The number of urea groups is 1. The van der Waals surface area contributed by atoms with Gasteiger partial charge in [-0.05, 0) is 49.1 Å². The van der Waals surface area contributed by atoms with E-state index in [9.17, 15) is 4.79 Å². The minimum Gasteiger partial charge on any atom is -0.359 e. The molecule has 1 saturated heterocycles. The number of carbonyl (C=O) groups excluding carboxylic acids is 1. The van der Waals surface area contributed by atoms with E-state index in [1.165, 1.54) is 11.1 Å². The Balaban J connectivity index is 1.53. The first-order chi connectivity index (χ1) is 12.5. The smallest absolute Gasteiger partial charge is 0.318 e. The minimum atomic E-state index is -0.00789. The fourth-order valence-corrected chi connectivity index (χ4v) is 4.44. The summed E-state index contributed by atoms with van der Waals surface area (Å²) in [6.45, 7) is 7.24. The summed E-state index contributed by atoms with van der Waals surface area (Å²) in [5, 5.41) is 7.27. The molecular weight excluding hydrogens is 326 g/mol. The zero-order valence-electron chi connectivity index (χ0n) is 15.8. The van der Waals surface area contributed by atoms with Gasteiger partial charge in [0.05, 0.1) is 17.8 Å². The van der Waals surface area contributed by atoms with Crippen LogP contribution in [0.3, 0.4) is 0 Å². The third kappa shape index (κ3) is 3.00. The van der Waals surface area contributed by atoms with E-state index in [0.29, 0.717) is 0 Å². The van der Waals surface area contributed by atoms with Crippen molar-refractivity contribution >= 4 is 6.03 Å². The maximum atomic E-state index is 13.0. The van der Waals surface area contributed by atoms with Crippen molar-refractivity contribution in [3.63, 3.8) is 0 Å². The summed E-state index contributed by atoms with van der Waals surface area (Å²) >= 11 is 0. The van der Waals surface area contributed by atoms with E-state index < -0.39 is 0 Å². The predicted octanol–water partition coefficient (Wildman–Crippen LogP) is 4.64. The van der Waals surface area contributed by atoms with E-state index in [1.54, 1.807) is 0 Å². The third-order valence-corrected chi connectivity index (χ3v) is 5.91. The van der Waals surface area contributed by atoms with Crippen LogP contribution in [-0.4, -0.2) is 22.6 Å². The number of rotatable bonds is 2. The number of hydrogen-bond acceptors (Lipinski definition) is 3. The first-order valence-electron chi connectivity index (χ1n) is 9.55. The molecule has 2 aliphatic rings. The Kier molecular flexibility index (Phi) is 4.25. The molecule has 0 saturated carbocycles. The van der Waals surface area contributed by atoms with Crippen molar-refractivity contribution in [1.29, 1.82) is 0 Å². The van der Waals surface area contributed by atoms with Gasteiger partial charge in [-0.2, -0.15) is 0 Å². The van der Waals surface area contributed by atoms with Crippen LogP contribution in [-0.2, 0) is 5.41 Å². The van der Waals surface area contributed by atoms with Crippen molar-refractivity contribution in [1.82, 2.24) is 15.4 Å². The molecular formula is C21H27N3O2. The van der Waals surface area contributed by atoms with Crippen LogP contribution in [0.1, 0.15) is 74.2 Å². The van der Waals surface area contributed by atoms with Gasteiger partial charge in [0.15, 0.2) is 5.76 Å². The molecule has 2 aromatic rings. The van der Waals surface area contributed by atoms with E-state index >= 15 is 0 Å². The molecule has 0 spiro atoms. The molecule has 1 N–H and O–H groups in total. The molecule has 2 atom stereocenters. The maximum Gasteiger partial charge on any atom is 0.318 e. The lowest BCUT2D eigenvalue weighted by Gasteiger charge is -2.38. The van der Waals surface area contributed by atoms with Gasteiger partial charge < -0.3 is 14.7 Å². The van der Waals surface area contributed by atoms with Crippen molar-refractivity contribution in [2.24, 2.45) is 0 Å². The largest absolute Gasteiger partial charge is 0.359 e. The van der Waals surface area contributed by atoms with Crippen LogP contribution >= 0.6 is 0 Å². The lowest BCUT2D eigenvalue weighted by molar-refractivity contribution is 0.176. The van der Waals surface area contributed by atoms with Gasteiger partial charge in [-0.1, -0.05) is 43.3 Å². The van der Waals surface area contributed by atoms with Crippen LogP contribution in [0.4, 0.5) is 4.79 Å². The summed E-state index contributed by atoms with van der Waals surface area (Å²) in [7, 11) is 0. The second kappa shape index (κ2) is 6.45. The predicted molar refractivity (Wildman–Crippen MR) is 99.9 cm³/mol. The van der Waals surface area contributed by atoms with Crippen LogP contribution in [0, 0.1) is 6.92 Å². The maximum absolute atomic E-state index is 13.0. The average Bonchev–Trinajstić information content (AvgIpc) is 3.26. The monoisotopic (exact) mass is 353 g/mol. The lowest BCUT2D eigenvalue weighted by atomic mass is 9.71. The fraction of sp³-hybridized carbons (Fsp3) is 0.524. The molecule has 138 valence electrons. The molecule has 4 rings (SSSR count).